The summed E-state index contributed by atoms with van der Waals surface area (Å²) in [6, 6.07) is 26.0. The highest BCUT2D eigenvalue weighted by Crippen LogP contribution is 2.51. The number of fused-ring (bicyclic) bond motifs is 8. The molecule has 60 heavy (non-hydrogen) atoms. The number of hydrogen-bond donors (Lipinski definition) is 2. The summed E-state index contributed by atoms with van der Waals surface area (Å²) in [5.41, 5.74) is 12.3. The van der Waals surface area contributed by atoms with Gasteiger partial charge in [-0.1, -0.05) is 88.0 Å². The smallest absolute Gasteiger partial charge is 0.0678 e. The van der Waals surface area contributed by atoms with Gasteiger partial charge in [-0.15, -0.1) is 0 Å². The van der Waals surface area contributed by atoms with Crippen LogP contribution in [0, 0.1) is 0 Å². The van der Waals surface area contributed by atoms with Crippen molar-refractivity contribution in [3.63, 3.8) is 0 Å². The van der Waals surface area contributed by atoms with Crippen LogP contribution in [0.5, 0.6) is 0 Å². The van der Waals surface area contributed by atoms with Gasteiger partial charge in [0.1, 0.15) is 0 Å². The van der Waals surface area contributed by atoms with E-state index in [9.17, 15) is 0 Å². The monoisotopic (exact) mass is 1130 g/mol. The summed E-state index contributed by atoms with van der Waals surface area (Å²) in [6.45, 7) is 2.27. The van der Waals surface area contributed by atoms with E-state index in [4.69, 9.17) is 0 Å². The third-order valence-electron chi connectivity index (χ3n) is 13.9. The zero-order valence-corrected chi connectivity index (χ0v) is 43.5. The standard InChI is InChI=1S/C12H14BrNS.C12H12BrNS.C12H14BrNS.C12H12BrNS/c2*13-9-1-2-10-11(7-9)14-8-12(10)3-5-15-6-4-12;2*13-9-2-1-3-10-11(9)12(8-14-10)4-6-15-7-5-12/h1-2,7,14H,3-6,8H2;1-2,7-8H,3-6H2;1-3,14H,4-8H2;1-3,8H,4-7H2. The summed E-state index contributed by atoms with van der Waals surface area (Å²) >= 11 is 22.7. The lowest BCUT2D eigenvalue weighted by molar-refractivity contribution is 0.434. The van der Waals surface area contributed by atoms with E-state index in [2.05, 4.69) is 217 Å². The Morgan fingerprint density at radius 3 is 1.63 bits per heavy atom. The van der Waals surface area contributed by atoms with Crippen molar-refractivity contribution in [2.24, 2.45) is 9.98 Å². The van der Waals surface area contributed by atoms with Crippen LogP contribution in [-0.2, 0) is 21.7 Å². The summed E-state index contributed by atoms with van der Waals surface area (Å²) < 4.78 is 4.82. The number of nitrogens with zero attached hydrogens (tertiary/aromatic N) is 2. The molecule has 4 saturated heterocycles. The Morgan fingerprint density at radius 1 is 0.450 bits per heavy atom. The van der Waals surface area contributed by atoms with E-state index in [1.165, 1.54) is 139 Å². The summed E-state index contributed by atoms with van der Waals surface area (Å²) in [7, 11) is 0. The average Bonchev–Trinajstić information content (AvgIpc) is 4.02. The summed E-state index contributed by atoms with van der Waals surface area (Å²) in [4.78, 5) is 9.15. The Balaban J connectivity index is 0.000000103. The lowest BCUT2D eigenvalue weighted by Gasteiger charge is -2.33. The van der Waals surface area contributed by atoms with E-state index in [0.29, 0.717) is 10.8 Å². The average molecular weight is 1130 g/mol. The van der Waals surface area contributed by atoms with Crippen molar-refractivity contribution in [3.8, 4) is 0 Å². The second-order valence-corrected chi connectivity index (χ2v) is 25.6. The number of aliphatic imine (C=N–C) groups is 2. The maximum atomic E-state index is 4.57. The van der Waals surface area contributed by atoms with Crippen LogP contribution in [-0.4, -0.2) is 71.5 Å². The quantitative estimate of drug-likeness (QED) is 0.183. The Morgan fingerprint density at radius 2 is 0.950 bits per heavy atom. The van der Waals surface area contributed by atoms with Crippen LogP contribution < -0.4 is 10.6 Å². The Labute approximate surface area is 407 Å². The molecular weight excluding hydrogens is 1080 g/mol. The molecule has 8 heterocycles. The van der Waals surface area contributed by atoms with Gasteiger partial charge in [-0.25, -0.2) is 0 Å². The molecule has 2 N–H and O–H groups in total. The molecule has 0 aromatic heterocycles. The first kappa shape index (κ1) is 44.3. The van der Waals surface area contributed by atoms with Crippen molar-refractivity contribution in [1.82, 2.24) is 0 Å². The van der Waals surface area contributed by atoms with Crippen LogP contribution in [0.15, 0.2) is 101 Å². The SMILES string of the molecule is Brc1ccc2c(c1)N=CC21CCSCC1.Brc1ccc2c(c1)NCC21CCSCC1.Brc1cccc2c1C1(C=N2)CCSCC1.Brc1cccc2c1C1(CCSCC1)CN2. The van der Waals surface area contributed by atoms with E-state index in [1.54, 1.807) is 5.56 Å². The van der Waals surface area contributed by atoms with Crippen LogP contribution in [0.25, 0.3) is 0 Å². The molecule has 316 valence electrons. The highest BCUT2D eigenvalue weighted by molar-refractivity contribution is 9.11. The van der Waals surface area contributed by atoms with Gasteiger partial charge in [-0.3, -0.25) is 9.98 Å². The maximum Gasteiger partial charge on any atom is 0.0678 e. The second-order valence-electron chi connectivity index (χ2n) is 17.2. The number of nitrogens with one attached hydrogen (secondary N) is 2. The number of halogens is 4. The highest BCUT2D eigenvalue weighted by atomic mass is 79.9. The van der Waals surface area contributed by atoms with Crippen molar-refractivity contribution < 1.29 is 0 Å². The summed E-state index contributed by atoms with van der Waals surface area (Å²) in [6.07, 6.45) is 14.6. The van der Waals surface area contributed by atoms with Crippen molar-refractivity contribution >= 4 is 146 Å². The number of benzene rings is 4. The summed E-state index contributed by atoms with van der Waals surface area (Å²) in [5, 5.41) is 7.12. The second kappa shape index (κ2) is 19.3. The molecule has 8 aliphatic heterocycles. The van der Waals surface area contributed by atoms with Crippen LogP contribution in [0.2, 0.25) is 0 Å². The molecule has 0 bridgehead atoms. The van der Waals surface area contributed by atoms with E-state index in [-0.39, 0.29) is 10.8 Å². The Hall–Kier alpha value is -0.860. The highest BCUT2D eigenvalue weighted by Gasteiger charge is 2.43. The maximum absolute atomic E-state index is 4.57. The van der Waals surface area contributed by atoms with E-state index in [0.717, 1.165) is 28.9 Å². The molecule has 4 aromatic rings. The fraction of sp³-hybridized carbons (Fsp3) is 0.458. The number of thioether (sulfide) groups is 4. The van der Waals surface area contributed by atoms with Crippen molar-refractivity contribution in [2.45, 2.75) is 73.0 Å². The molecule has 0 radical (unpaired) electrons. The molecule has 8 aliphatic rings. The number of hydrogen-bond acceptors (Lipinski definition) is 8. The number of rotatable bonds is 0. The summed E-state index contributed by atoms with van der Waals surface area (Å²) in [5.74, 6) is 10.3. The van der Waals surface area contributed by atoms with Crippen LogP contribution >= 0.6 is 111 Å². The molecule has 0 aliphatic carbocycles. The van der Waals surface area contributed by atoms with Gasteiger partial charge in [-0.05, 0) is 163 Å². The van der Waals surface area contributed by atoms with Crippen molar-refractivity contribution in [3.05, 3.63) is 113 Å². The Kier molecular flexibility index (Phi) is 14.3. The third kappa shape index (κ3) is 9.04. The van der Waals surface area contributed by atoms with E-state index in [1.807, 2.05) is 0 Å². The fourth-order valence-electron chi connectivity index (χ4n) is 10.4. The zero-order chi connectivity index (χ0) is 41.2. The lowest BCUT2D eigenvalue weighted by Crippen LogP contribution is -2.33. The van der Waals surface area contributed by atoms with Crippen LogP contribution in [0.3, 0.4) is 0 Å². The van der Waals surface area contributed by atoms with Gasteiger partial charge >= 0.3 is 0 Å². The zero-order valence-electron chi connectivity index (χ0n) is 33.9. The molecule has 4 fully saturated rings. The van der Waals surface area contributed by atoms with Gasteiger partial charge in [0.25, 0.3) is 0 Å². The predicted octanol–water partition coefficient (Wildman–Crippen LogP) is 15.1. The first-order valence-corrected chi connectivity index (χ1v) is 29.1. The lowest BCUT2D eigenvalue weighted by atomic mass is 9.77. The third-order valence-corrected chi connectivity index (χ3v) is 20.1. The van der Waals surface area contributed by atoms with Crippen molar-refractivity contribution in [2.75, 3.05) is 69.7 Å². The molecule has 12 rings (SSSR count). The minimum atomic E-state index is 0.237. The van der Waals surface area contributed by atoms with Gasteiger partial charge in [0, 0.05) is 82.0 Å². The fourth-order valence-corrected chi connectivity index (χ4v) is 17.6. The molecule has 0 unspecified atom stereocenters. The van der Waals surface area contributed by atoms with Crippen LogP contribution in [0.1, 0.15) is 73.6 Å². The molecule has 12 heteroatoms. The molecule has 4 aromatic carbocycles. The number of anilines is 2. The largest absolute Gasteiger partial charge is 0.384 e. The topological polar surface area (TPSA) is 48.8 Å². The minimum absolute atomic E-state index is 0.237. The van der Waals surface area contributed by atoms with E-state index >= 15 is 0 Å². The van der Waals surface area contributed by atoms with Crippen LogP contribution in [0.4, 0.5) is 22.7 Å². The van der Waals surface area contributed by atoms with Gasteiger partial charge in [0.15, 0.2) is 0 Å². The molecular formula is C48H52Br4N4S4. The Bertz CT molecular complexity index is 2220. The van der Waals surface area contributed by atoms with Gasteiger partial charge in [0.05, 0.1) is 11.4 Å². The first-order chi connectivity index (χ1) is 29.2. The minimum Gasteiger partial charge on any atom is -0.384 e. The normalized spacial score (nSPS) is 22.2. The molecule has 4 spiro atoms. The first-order valence-electron chi connectivity index (χ1n) is 21.3. The molecule has 0 saturated carbocycles. The van der Waals surface area contributed by atoms with Gasteiger partial charge in [0.2, 0.25) is 0 Å². The molecule has 0 atom stereocenters. The molecule has 0 amide bonds. The van der Waals surface area contributed by atoms with Crippen molar-refractivity contribution in [1.29, 1.82) is 0 Å². The van der Waals surface area contributed by atoms with E-state index < -0.39 is 0 Å². The van der Waals surface area contributed by atoms with Gasteiger partial charge in [-0.2, -0.15) is 47.0 Å². The predicted molar refractivity (Wildman–Crippen MR) is 283 cm³/mol. The molecule has 4 nitrogen and oxygen atoms in total. The van der Waals surface area contributed by atoms with Gasteiger partial charge < -0.3 is 10.6 Å².